The van der Waals surface area contributed by atoms with Gasteiger partial charge in [-0.2, -0.15) is 0 Å². The van der Waals surface area contributed by atoms with E-state index in [1.807, 2.05) is 40.8 Å². The van der Waals surface area contributed by atoms with E-state index in [4.69, 9.17) is 9.47 Å². The Hall–Kier alpha value is -3.06. The Kier molecular flexibility index (Phi) is 8.33. The van der Waals surface area contributed by atoms with E-state index >= 15 is 0 Å². The lowest BCUT2D eigenvalue weighted by molar-refractivity contribution is -0.143. The minimum atomic E-state index is -0.687. The third kappa shape index (κ3) is 6.26. The van der Waals surface area contributed by atoms with Crippen LogP contribution in [0.4, 0.5) is 10.5 Å². The first-order chi connectivity index (χ1) is 15.8. The third-order valence-corrected chi connectivity index (χ3v) is 6.05. The molecule has 0 bridgehead atoms. The number of anilines is 1. The second kappa shape index (κ2) is 11.2. The van der Waals surface area contributed by atoms with Crippen LogP contribution < -0.4 is 14.8 Å². The number of para-hydroxylation sites is 1. The van der Waals surface area contributed by atoms with Crippen molar-refractivity contribution >= 4 is 69.1 Å². The van der Waals surface area contributed by atoms with Gasteiger partial charge in [0.2, 0.25) is 0 Å². The minimum Gasteiger partial charge on any atom is -0.493 e. The molecule has 0 radical (unpaired) electrons. The Morgan fingerprint density at radius 3 is 2.55 bits per heavy atom. The zero-order valence-corrected chi connectivity index (χ0v) is 20.6. The SMILES string of the molecule is COC(=O)CN1C(=O)S/C(=C\c2cc(I)c(OCC(=O)Nc3ccccc3)c(OC)c2)C1=O. The molecule has 2 aromatic rings. The van der Waals surface area contributed by atoms with E-state index in [1.165, 1.54) is 20.3 Å². The summed E-state index contributed by atoms with van der Waals surface area (Å²) in [6, 6.07) is 12.4. The van der Waals surface area contributed by atoms with E-state index in [0.29, 0.717) is 26.3 Å². The summed E-state index contributed by atoms with van der Waals surface area (Å²) in [6.45, 7) is -0.676. The van der Waals surface area contributed by atoms with E-state index in [9.17, 15) is 19.2 Å². The zero-order chi connectivity index (χ0) is 24.0. The van der Waals surface area contributed by atoms with Crippen LogP contribution in [0.25, 0.3) is 6.08 Å². The molecule has 172 valence electrons. The van der Waals surface area contributed by atoms with Gasteiger partial charge in [0.1, 0.15) is 6.54 Å². The second-order valence-electron chi connectivity index (χ2n) is 6.58. The molecule has 1 aliphatic rings. The molecule has 3 amide bonds. The summed E-state index contributed by atoms with van der Waals surface area (Å²) in [7, 11) is 2.64. The van der Waals surface area contributed by atoms with Crippen molar-refractivity contribution in [3.63, 3.8) is 0 Å². The van der Waals surface area contributed by atoms with Crippen molar-refractivity contribution in [3.05, 3.63) is 56.5 Å². The maximum Gasteiger partial charge on any atom is 0.325 e. The normalized spacial score (nSPS) is 14.4. The van der Waals surface area contributed by atoms with Gasteiger partial charge >= 0.3 is 5.97 Å². The van der Waals surface area contributed by atoms with Crippen LogP contribution in [0.2, 0.25) is 0 Å². The number of rotatable bonds is 8. The van der Waals surface area contributed by atoms with Gasteiger partial charge in [-0.15, -0.1) is 0 Å². The van der Waals surface area contributed by atoms with E-state index in [1.54, 1.807) is 24.3 Å². The van der Waals surface area contributed by atoms with Gasteiger partial charge in [-0.1, -0.05) is 18.2 Å². The number of imide groups is 1. The van der Waals surface area contributed by atoms with Gasteiger partial charge in [0.05, 0.1) is 22.7 Å². The molecule has 33 heavy (non-hydrogen) atoms. The minimum absolute atomic E-state index is 0.165. The first-order valence-corrected chi connectivity index (χ1v) is 11.4. The van der Waals surface area contributed by atoms with Gasteiger partial charge in [-0.3, -0.25) is 24.1 Å². The molecular weight excluding hydrogens is 563 g/mol. The molecule has 1 saturated heterocycles. The molecule has 0 atom stereocenters. The zero-order valence-electron chi connectivity index (χ0n) is 17.6. The van der Waals surface area contributed by atoms with Crippen molar-refractivity contribution in [1.82, 2.24) is 4.90 Å². The lowest BCUT2D eigenvalue weighted by Gasteiger charge is -2.14. The number of hydrogen-bond acceptors (Lipinski definition) is 8. The highest BCUT2D eigenvalue weighted by atomic mass is 127. The predicted octanol–water partition coefficient (Wildman–Crippen LogP) is 3.53. The molecule has 11 heteroatoms. The monoisotopic (exact) mass is 582 g/mol. The summed E-state index contributed by atoms with van der Waals surface area (Å²) >= 11 is 2.76. The Bertz CT molecular complexity index is 1120. The molecular formula is C22H19IN2O7S. The molecule has 0 aromatic heterocycles. The van der Waals surface area contributed by atoms with Crippen molar-refractivity contribution in [2.45, 2.75) is 0 Å². The molecule has 1 heterocycles. The van der Waals surface area contributed by atoms with E-state index in [2.05, 4.69) is 10.1 Å². The largest absolute Gasteiger partial charge is 0.493 e. The van der Waals surface area contributed by atoms with Crippen LogP contribution in [0.1, 0.15) is 5.56 Å². The number of amides is 3. The number of thioether (sulfide) groups is 1. The number of methoxy groups -OCH3 is 2. The molecule has 0 saturated carbocycles. The van der Waals surface area contributed by atoms with Crippen molar-refractivity contribution in [2.75, 3.05) is 32.7 Å². The van der Waals surface area contributed by atoms with Crippen LogP contribution in [0.3, 0.4) is 0 Å². The fraction of sp³-hybridized carbons (Fsp3) is 0.182. The van der Waals surface area contributed by atoms with Gasteiger partial charge in [0.15, 0.2) is 18.1 Å². The molecule has 0 unspecified atom stereocenters. The van der Waals surface area contributed by atoms with E-state index in [-0.39, 0.29) is 17.4 Å². The number of halogens is 1. The Morgan fingerprint density at radius 2 is 1.88 bits per heavy atom. The first kappa shape index (κ1) is 24.6. The van der Waals surface area contributed by atoms with Crippen LogP contribution in [0, 0.1) is 3.57 Å². The number of nitrogens with one attached hydrogen (secondary N) is 1. The van der Waals surface area contributed by atoms with Crippen LogP contribution in [-0.4, -0.2) is 55.3 Å². The smallest absolute Gasteiger partial charge is 0.325 e. The van der Waals surface area contributed by atoms with Gasteiger partial charge in [-0.05, 0) is 70.3 Å². The van der Waals surface area contributed by atoms with Crippen molar-refractivity contribution in [1.29, 1.82) is 0 Å². The first-order valence-electron chi connectivity index (χ1n) is 9.49. The summed E-state index contributed by atoms with van der Waals surface area (Å²) in [5.41, 5.74) is 1.24. The topological polar surface area (TPSA) is 111 Å². The number of esters is 1. The summed E-state index contributed by atoms with van der Waals surface area (Å²) in [5.74, 6) is -0.871. The quantitative estimate of drug-likeness (QED) is 0.286. The average Bonchev–Trinajstić information content (AvgIpc) is 3.05. The molecule has 1 fully saturated rings. The fourth-order valence-electron chi connectivity index (χ4n) is 2.80. The Labute approximate surface area is 207 Å². The number of hydrogen-bond donors (Lipinski definition) is 1. The standard InChI is InChI=1S/C22H19IN2O7S/c1-30-16-9-13(10-17-21(28)25(22(29)33-17)11-19(27)31-2)8-15(23)20(16)32-12-18(26)24-14-6-4-3-5-7-14/h3-10H,11-12H2,1-2H3,(H,24,26)/b17-10-. The van der Waals surface area contributed by atoms with Gasteiger partial charge in [0.25, 0.3) is 17.1 Å². The highest BCUT2D eigenvalue weighted by Crippen LogP contribution is 2.37. The maximum atomic E-state index is 12.5. The average molecular weight is 582 g/mol. The lowest BCUT2D eigenvalue weighted by Crippen LogP contribution is -2.34. The summed E-state index contributed by atoms with van der Waals surface area (Å²) < 4.78 is 16.2. The van der Waals surface area contributed by atoms with Crippen LogP contribution in [0.15, 0.2) is 47.4 Å². The highest BCUT2D eigenvalue weighted by molar-refractivity contribution is 14.1. The molecule has 1 aliphatic heterocycles. The Balaban J connectivity index is 1.73. The predicted molar refractivity (Wildman–Crippen MR) is 131 cm³/mol. The second-order valence-corrected chi connectivity index (χ2v) is 8.74. The maximum absolute atomic E-state index is 12.5. The molecule has 1 N–H and O–H groups in total. The van der Waals surface area contributed by atoms with Crippen molar-refractivity contribution in [3.8, 4) is 11.5 Å². The third-order valence-electron chi connectivity index (χ3n) is 4.34. The van der Waals surface area contributed by atoms with Crippen molar-refractivity contribution in [2.24, 2.45) is 0 Å². The van der Waals surface area contributed by atoms with Gasteiger partial charge in [-0.25, -0.2) is 0 Å². The number of benzene rings is 2. The van der Waals surface area contributed by atoms with Crippen molar-refractivity contribution < 1.29 is 33.4 Å². The molecule has 0 aliphatic carbocycles. The van der Waals surface area contributed by atoms with E-state index in [0.717, 1.165) is 16.7 Å². The lowest BCUT2D eigenvalue weighted by atomic mass is 10.2. The number of carbonyl (C=O) groups is 4. The Morgan fingerprint density at radius 1 is 1.15 bits per heavy atom. The summed E-state index contributed by atoms with van der Waals surface area (Å²) in [6.07, 6.45) is 1.53. The van der Waals surface area contributed by atoms with E-state index < -0.39 is 23.7 Å². The number of nitrogens with zero attached hydrogens (tertiary/aromatic N) is 1. The highest BCUT2D eigenvalue weighted by Gasteiger charge is 2.36. The van der Waals surface area contributed by atoms with Crippen LogP contribution in [-0.2, 0) is 19.1 Å². The molecule has 2 aromatic carbocycles. The van der Waals surface area contributed by atoms with Gasteiger partial charge < -0.3 is 19.5 Å². The molecule has 0 spiro atoms. The summed E-state index contributed by atoms with van der Waals surface area (Å²) in [4.78, 5) is 49.2. The van der Waals surface area contributed by atoms with Crippen LogP contribution in [0.5, 0.6) is 11.5 Å². The van der Waals surface area contributed by atoms with Gasteiger partial charge in [0, 0.05) is 5.69 Å². The number of ether oxygens (including phenoxy) is 3. The fourth-order valence-corrected chi connectivity index (χ4v) is 4.42. The summed E-state index contributed by atoms with van der Waals surface area (Å²) in [5, 5.41) is 2.18. The molecule has 3 rings (SSSR count). The molecule has 9 nitrogen and oxygen atoms in total. The van der Waals surface area contributed by atoms with Crippen LogP contribution >= 0.6 is 34.4 Å². The number of carbonyl (C=O) groups excluding carboxylic acids is 4.